The minimum atomic E-state index is -0.787. The summed E-state index contributed by atoms with van der Waals surface area (Å²) >= 11 is 0. The van der Waals surface area contributed by atoms with Crippen molar-refractivity contribution in [3.63, 3.8) is 0 Å². The van der Waals surface area contributed by atoms with Crippen LogP contribution in [0.2, 0.25) is 0 Å². The Bertz CT molecular complexity index is 806. The Balaban J connectivity index is 0.00000208. The maximum absolute atomic E-state index is 9.58. The Morgan fingerprint density at radius 3 is 2.50 bits per heavy atom. The zero-order chi connectivity index (χ0) is 16.2. The van der Waals surface area contributed by atoms with Crippen LogP contribution in [0, 0.1) is 6.92 Å². The van der Waals surface area contributed by atoms with E-state index in [1.54, 1.807) is 0 Å². The van der Waals surface area contributed by atoms with Gasteiger partial charge in [0.15, 0.2) is 0 Å². The maximum atomic E-state index is 9.58. The summed E-state index contributed by atoms with van der Waals surface area (Å²) in [5.74, 6) is 0. The highest BCUT2D eigenvalue weighted by atomic mass is 35.5. The van der Waals surface area contributed by atoms with Crippen LogP contribution in [0.25, 0.3) is 22.2 Å². The molecular formula is C19H21ClN2O2. The van der Waals surface area contributed by atoms with E-state index in [9.17, 15) is 5.11 Å². The third-order valence-electron chi connectivity index (χ3n) is 3.80. The number of anilines is 1. The van der Waals surface area contributed by atoms with Crippen LogP contribution in [-0.4, -0.2) is 34.5 Å². The number of aryl methyl sites for hydroxylation is 1. The second kappa shape index (κ2) is 8.11. The fraction of sp³-hybridized carbons (Fsp3) is 0.211. The molecule has 3 aromatic rings. The van der Waals surface area contributed by atoms with Gasteiger partial charge in [-0.3, -0.25) is 0 Å². The molecule has 0 radical (unpaired) electrons. The average Bonchev–Trinajstić information content (AvgIpc) is 2.59. The lowest BCUT2D eigenvalue weighted by atomic mass is 10.1. The van der Waals surface area contributed by atoms with Crippen LogP contribution < -0.4 is 5.32 Å². The Hall–Kier alpha value is -2.14. The number of aliphatic hydroxyl groups is 2. The summed E-state index contributed by atoms with van der Waals surface area (Å²) < 4.78 is 0. The van der Waals surface area contributed by atoms with Crippen molar-refractivity contribution >= 4 is 29.0 Å². The first-order valence-corrected chi connectivity index (χ1v) is 7.67. The van der Waals surface area contributed by atoms with E-state index in [2.05, 4.69) is 36.5 Å². The largest absolute Gasteiger partial charge is 0.394 e. The number of hydrogen-bond acceptors (Lipinski definition) is 4. The van der Waals surface area contributed by atoms with Gasteiger partial charge in [0, 0.05) is 23.2 Å². The zero-order valence-corrected chi connectivity index (χ0v) is 14.3. The van der Waals surface area contributed by atoms with Crippen molar-refractivity contribution < 1.29 is 10.2 Å². The topological polar surface area (TPSA) is 65.4 Å². The Kier molecular flexibility index (Phi) is 6.15. The number of nitrogens with one attached hydrogen (secondary N) is 1. The Morgan fingerprint density at radius 2 is 1.79 bits per heavy atom. The third kappa shape index (κ3) is 4.03. The lowest BCUT2D eigenvalue weighted by Gasteiger charge is -2.14. The van der Waals surface area contributed by atoms with E-state index in [0.717, 1.165) is 27.8 Å². The number of nitrogens with zero attached hydrogens (tertiary/aromatic N) is 1. The van der Waals surface area contributed by atoms with E-state index in [4.69, 9.17) is 10.1 Å². The number of halogens is 1. The highest BCUT2D eigenvalue weighted by Gasteiger charge is 2.09. The minimum Gasteiger partial charge on any atom is -0.394 e. The lowest BCUT2D eigenvalue weighted by Crippen LogP contribution is -2.23. The van der Waals surface area contributed by atoms with Gasteiger partial charge in [-0.1, -0.05) is 48.0 Å². The molecule has 1 heterocycles. The summed E-state index contributed by atoms with van der Waals surface area (Å²) in [4.78, 5) is 4.73. The maximum Gasteiger partial charge on any atom is 0.0942 e. The van der Waals surface area contributed by atoms with Crippen molar-refractivity contribution in [2.45, 2.75) is 13.0 Å². The van der Waals surface area contributed by atoms with Gasteiger partial charge in [0.1, 0.15) is 0 Å². The van der Waals surface area contributed by atoms with Gasteiger partial charge >= 0.3 is 0 Å². The fourth-order valence-electron chi connectivity index (χ4n) is 2.49. The summed E-state index contributed by atoms with van der Waals surface area (Å²) in [6, 6.07) is 18.1. The molecule has 5 heteroatoms. The standard InChI is InChI=1S/C19H20N2O2.ClH/c1-13-6-8-14(9-7-13)18-10-19(20-11-15(23)12-22)16-4-2-3-5-17(16)21-18;/h2-10,15,22-23H,11-12H2,1H3,(H,20,21);1H. The molecule has 0 aliphatic rings. The minimum absolute atomic E-state index is 0. The van der Waals surface area contributed by atoms with Gasteiger partial charge in [0.25, 0.3) is 0 Å². The SMILES string of the molecule is Cc1ccc(-c2cc(NCC(O)CO)c3ccccc3n2)cc1.Cl. The van der Waals surface area contributed by atoms with Crippen molar-refractivity contribution in [2.24, 2.45) is 0 Å². The highest BCUT2D eigenvalue weighted by Crippen LogP contribution is 2.28. The first kappa shape index (κ1) is 18.2. The van der Waals surface area contributed by atoms with E-state index in [-0.39, 0.29) is 25.6 Å². The predicted molar refractivity (Wildman–Crippen MR) is 101 cm³/mol. The molecule has 2 aromatic carbocycles. The smallest absolute Gasteiger partial charge is 0.0942 e. The molecule has 0 saturated heterocycles. The lowest BCUT2D eigenvalue weighted by molar-refractivity contribution is 0.105. The van der Waals surface area contributed by atoms with E-state index in [1.807, 2.05) is 30.3 Å². The summed E-state index contributed by atoms with van der Waals surface area (Å²) in [6.07, 6.45) is -0.787. The normalized spacial score (nSPS) is 11.8. The van der Waals surface area contributed by atoms with Crippen molar-refractivity contribution in [1.82, 2.24) is 4.98 Å². The average molecular weight is 345 g/mol. The molecular weight excluding hydrogens is 324 g/mol. The van der Waals surface area contributed by atoms with E-state index >= 15 is 0 Å². The van der Waals surface area contributed by atoms with Crippen molar-refractivity contribution in [1.29, 1.82) is 0 Å². The summed E-state index contributed by atoms with van der Waals surface area (Å²) in [7, 11) is 0. The third-order valence-corrected chi connectivity index (χ3v) is 3.80. The molecule has 0 saturated carbocycles. The number of hydrogen-bond donors (Lipinski definition) is 3. The molecule has 0 aliphatic carbocycles. The van der Waals surface area contributed by atoms with Gasteiger partial charge in [-0.25, -0.2) is 4.98 Å². The number of aromatic nitrogens is 1. The first-order valence-electron chi connectivity index (χ1n) is 7.67. The molecule has 1 atom stereocenters. The molecule has 0 aliphatic heterocycles. The van der Waals surface area contributed by atoms with Crippen LogP contribution in [0.1, 0.15) is 5.56 Å². The van der Waals surface area contributed by atoms with Crippen LogP contribution in [0.5, 0.6) is 0 Å². The van der Waals surface area contributed by atoms with Crippen LogP contribution in [0.15, 0.2) is 54.6 Å². The van der Waals surface area contributed by atoms with Crippen LogP contribution >= 0.6 is 12.4 Å². The van der Waals surface area contributed by atoms with Gasteiger partial charge in [-0.15, -0.1) is 12.4 Å². The number of rotatable bonds is 5. The quantitative estimate of drug-likeness (QED) is 0.663. The molecule has 24 heavy (non-hydrogen) atoms. The Morgan fingerprint density at radius 1 is 1.08 bits per heavy atom. The summed E-state index contributed by atoms with van der Waals surface area (Å²) in [5.41, 5.74) is 4.93. The number of para-hydroxylation sites is 1. The van der Waals surface area contributed by atoms with Crippen molar-refractivity contribution in [3.05, 3.63) is 60.2 Å². The number of aliphatic hydroxyl groups excluding tert-OH is 2. The van der Waals surface area contributed by atoms with Crippen molar-refractivity contribution in [2.75, 3.05) is 18.5 Å². The van der Waals surface area contributed by atoms with E-state index in [0.29, 0.717) is 0 Å². The van der Waals surface area contributed by atoms with Crippen LogP contribution in [-0.2, 0) is 0 Å². The second-order valence-electron chi connectivity index (χ2n) is 5.66. The van der Waals surface area contributed by atoms with E-state index in [1.165, 1.54) is 5.56 Å². The van der Waals surface area contributed by atoms with Gasteiger partial charge in [0.2, 0.25) is 0 Å². The zero-order valence-electron chi connectivity index (χ0n) is 13.4. The predicted octanol–water partition coefficient (Wildman–Crippen LogP) is 3.40. The first-order chi connectivity index (χ1) is 11.2. The summed E-state index contributed by atoms with van der Waals surface area (Å²) in [6.45, 7) is 2.08. The van der Waals surface area contributed by atoms with Crippen molar-refractivity contribution in [3.8, 4) is 11.3 Å². The van der Waals surface area contributed by atoms with Gasteiger partial charge < -0.3 is 15.5 Å². The fourth-order valence-corrected chi connectivity index (χ4v) is 2.49. The molecule has 0 spiro atoms. The molecule has 4 nitrogen and oxygen atoms in total. The highest BCUT2D eigenvalue weighted by molar-refractivity contribution is 5.93. The van der Waals surface area contributed by atoms with E-state index < -0.39 is 6.10 Å². The van der Waals surface area contributed by atoms with Gasteiger partial charge in [-0.05, 0) is 19.1 Å². The molecule has 3 N–H and O–H groups in total. The molecule has 1 aromatic heterocycles. The molecule has 0 fully saturated rings. The molecule has 3 rings (SSSR count). The van der Waals surface area contributed by atoms with Gasteiger partial charge in [-0.2, -0.15) is 0 Å². The van der Waals surface area contributed by atoms with Crippen LogP contribution in [0.4, 0.5) is 5.69 Å². The second-order valence-corrected chi connectivity index (χ2v) is 5.66. The molecule has 0 amide bonds. The van der Waals surface area contributed by atoms with Gasteiger partial charge in [0.05, 0.1) is 23.9 Å². The molecule has 1 unspecified atom stereocenters. The molecule has 0 bridgehead atoms. The van der Waals surface area contributed by atoms with Crippen LogP contribution in [0.3, 0.4) is 0 Å². The number of fused-ring (bicyclic) bond motifs is 1. The molecule has 126 valence electrons. The monoisotopic (exact) mass is 344 g/mol. The summed E-state index contributed by atoms with van der Waals surface area (Å²) in [5, 5.41) is 22.8. The Labute approximate surface area is 147 Å². The number of pyridine rings is 1. The number of benzene rings is 2.